The monoisotopic (exact) mass is 513 g/mol. The molecule has 1 atom stereocenters. The molecule has 2 N–H and O–H groups in total. The summed E-state index contributed by atoms with van der Waals surface area (Å²) in [5.74, 6) is 0.226. The van der Waals surface area contributed by atoms with Crippen LogP contribution in [0.15, 0.2) is 66.7 Å². The SMILES string of the molecule is CCOc1cc(NNC(=O)[C@@H]2CC(=O)N(c3ccccc3)C2)ccc1OCc1c(Cl)cccc1Cl. The number of rotatable bonds is 9. The maximum Gasteiger partial charge on any atom is 0.243 e. The van der Waals surface area contributed by atoms with E-state index in [2.05, 4.69) is 10.9 Å². The molecule has 4 rings (SSSR count). The highest BCUT2D eigenvalue weighted by atomic mass is 35.5. The van der Waals surface area contributed by atoms with E-state index >= 15 is 0 Å². The normalized spacial score (nSPS) is 15.1. The number of halogens is 2. The van der Waals surface area contributed by atoms with Gasteiger partial charge in [0, 0.05) is 40.3 Å². The van der Waals surface area contributed by atoms with Gasteiger partial charge in [0.05, 0.1) is 18.2 Å². The molecule has 1 saturated heterocycles. The Bertz CT molecular complexity index is 1190. The van der Waals surface area contributed by atoms with Crippen molar-refractivity contribution in [2.75, 3.05) is 23.5 Å². The van der Waals surface area contributed by atoms with Gasteiger partial charge >= 0.3 is 0 Å². The topological polar surface area (TPSA) is 79.9 Å². The van der Waals surface area contributed by atoms with Gasteiger partial charge in [0.25, 0.3) is 0 Å². The summed E-state index contributed by atoms with van der Waals surface area (Å²) in [6, 6.07) is 19.8. The Morgan fingerprint density at radius 2 is 1.74 bits per heavy atom. The molecule has 1 fully saturated rings. The van der Waals surface area contributed by atoms with E-state index in [1.807, 2.05) is 37.3 Å². The standard InChI is InChI=1S/C26H25Cl2N3O4/c1-2-34-24-14-18(11-12-23(24)35-16-20-21(27)9-6-10-22(20)28)29-30-26(33)17-13-25(32)31(15-17)19-7-4-3-5-8-19/h3-12,14,17,29H,2,13,15-16H2,1H3,(H,30,33)/t17-/m1/s1. The lowest BCUT2D eigenvalue weighted by Crippen LogP contribution is -2.36. The number of carbonyl (C=O) groups is 2. The highest BCUT2D eigenvalue weighted by Crippen LogP contribution is 2.33. The number of para-hydroxylation sites is 1. The molecule has 182 valence electrons. The number of hydrogen-bond donors (Lipinski definition) is 2. The molecular formula is C26H25Cl2N3O4. The van der Waals surface area contributed by atoms with Crippen LogP contribution < -0.4 is 25.2 Å². The third kappa shape index (κ3) is 5.99. The third-order valence-corrected chi connectivity index (χ3v) is 6.28. The van der Waals surface area contributed by atoms with Crippen LogP contribution in [0.5, 0.6) is 11.5 Å². The first-order chi connectivity index (χ1) is 17.0. The highest BCUT2D eigenvalue weighted by molar-refractivity contribution is 6.35. The van der Waals surface area contributed by atoms with Gasteiger partial charge in [-0.25, -0.2) is 0 Å². The van der Waals surface area contributed by atoms with Gasteiger partial charge in [0.2, 0.25) is 11.8 Å². The van der Waals surface area contributed by atoms with Crippen molar-refractivity contribution in [2.45, 2.75) is 20.0 Å². The Morgan fingerprint density at radius 3 is 2.46 bits per heavy atom. The first-order valence-corrected chi connectivity index (χ1v) is 12.0. The average Bonchev–Trinajstić information content (AvgIpc) is 3.25. The Balaban J connectivity index is 1.37. The molecule has 3 aromatic carbocycles. The minimum absolute atomic E-state index is 0.0740. The fourth-order valence-corrected chi connectivity index (χ4v) is 4.28. The fraction of sp³-hybridized carbons (Fsp3) is 0.231. The van der Waals surface area contributed by atoms with E-state index in [-0.39, 0.29) is 24.8 Å². The lowest BCUT2D eigenvalue weighted by atomic mass is 10.1. The van der Waals surface area contributed by atoms with Crippen molar-refractivity contribution in [1.82, 2.24) is 5.43 Å². The number of carbonyl (C=O) groups excluding carboxylic acids is 2. The summed E-state index contributed by atoms with van der Waals surface area (Å²) >= 11 is 12.5. The maximum absolute atomic E-state index is 12.7. The number of anilines is 2. The molecular weight excluding hydrogens is 489 g/mol. The van der Waals surface area contributed by atoms with Gasteiger partial charge in [0.15, 0.2) is 11.5 Å². The number of ether oxygens (including phenoxy) is 2. The number of hydrazine groups is 1. The molecule has 0 bridgehead atoms. The molecule has 3 aromatic rings. The lowest BCUT2D eigenvalue weighted by molar-refractivity contribution is -0.125. The summed E-state index contributed by atoms with van der Waals surface area (Å²) in [5.41, 5.74) is 7.67. The molecule has 35 heavy (non-hydrogen) atoms. The number of nitrogens with one attached hydrogen (secondary N) is 2. The quantitative estimate of drug-likeness (QED) is 0.371. The van der Waals surface area contributed by atoms with Crippen molar-refractivity contribution < 1.29 is 19.1 Å². The van der Waals surface area contributed by atoms with Crippen molar-refractivity contribution in [3.63, 3.8) is 0 Å². The molecule has 0 unspecified atom stereocenters. The van der Waals surface area contributed by atoms with Crippen molar-refractivity contribution in [2.24, 2.45) is 5.92 Å². The summed E-state index contributed by atoms with van der Waals surface area (Å²) in [5, 5.41) is 1.04. The second kappa shape index (κ2) is 11.3. The van der Waals surface area contributed by atoms with Crippen LogP contribution in [0.3, 0.4) is 0 Å². The summed E-state index contributed by atoms with van der Waals surface area (Å²) in [4.78, 5) is 26.7. The molecule has 0 aromatic heterocycles. The number of nitrogens with zero attached hydrogens (tertiary/aromatic N) is 1. The minimum atomic E-state index is -0.454. The van der Waals surface area contributed by atoms with E-state index in [0.717, 1.165) is 5.69 Å². The van der Waals surface area contributed by atoms with E-state index in [9.17, 15) is 9.59 Å². The van der Waals surface area contributed by atoms with Gasteiger partial charge in [-0.05, 0) is 43.3 Å². The smallest absolute Gasteiger partial charge is 0.243 e. The van der Waals surface area contributed by atoms with Gasteiger partial charge in [-0.1, -0.05) is 47.5 Å². The van der Waals surface area contributed by atoms with Crippen LogP contribution in [0.1, 0.15) is 18.9 Å². The number of amides is 2. The van der Waals surface area contributed by atoms with E-state index in [1.54, 1.807) is 41.3 Å². The Kier molecular flexibility index (Phi) is 8.00. The van der Waals surface area contributed by atoms with Crippen molar-refractivity contribution in [3.05, 3.63) is 82.3 Å². The maximum atomic E-state index is 12.7. The Morgan fingerprint density at radius 1 is 1.00 bits per heavy atom. The predicted molar refractivity (Wildman–Crippen MR) is 137 cm³/mol. The number of benzene rings is 3. The zero-order valence-electron chi connectivity index (χ0n) is 19.1. The van der Waals surface area contributed by atoms with Crippen LogP contribution in [0.4, 0.5) is 11.4 Å². The lowest BCUT2D eigenvalue weighted by Gasteiger charge is -2.17. The fourth-order valence-electron chi connectivity index (χ4n) is 3.77. The average molecular weight is 514 g/mol. The van der Waals surface area contributed by atoms with Crippen LogP contribution >= 0.6 is 23.2 Å². The second-order valence-electron chi connectivity index (χ2n) is 7.94. The second-order valence-corrected chi connectivity index (χ2v) is 8.75. The molecule has 7 nitrogen and oxygen atoms in total. The summed E-state index contributed by atoms with van der Waals surface area (Å²) in [6.07, 6.45) is 0.157. The van der Waals surface area contributed by atoms with Crippen molar-refractivity contribution >= 4 is 46.4 Å². The molecule has 0 radical (unpaired) electrons. The van der Waals surface area contributed by atoms with Gasteiger partial charge in [-0.3, -0.25) is 20.4 Å². The highest BCUT2D eigenvalue weighted by Gasteiger charge is 2.35. The Hall–Kier alpha value is -3.42. The first kappa shape index (κ1) is 24.7. The Labute approximate surface area is 213 Å². The third-order valence-electron chi connectivity index (χ3n) is 5.57. The van der Waals surface area contributed by atoms with E-state index in [1.165, 1.54) is 0 Å². The number of hydrogen-bond acceptors (Lipinski definition) is 5. The van der Waals surface area contributed by atoms with Crippen LogP contribution in [-0.2, 0) is 16.2 Å². The van der Waals surface area contributed by atoms with Gasteiger partial charge in [-0.2, -0.15) is 0 Å². The van der Waals surface area contributed by atoms with Gasteiger partial charge in [-0.15, -0.1) is 0 Å². The minimum Gasteiger partial charge on any atom is -0.490 e. The van der Waals surface area contributed by atoms with E-state index in [4.69, 9.17) is 32.7 Å². The zero-order valence-corrected chi connectivity index (χ0v) is 20.6. The summed E-state index contributed by atoms with van der Waals surface area (Å²) < 4.78 is 11.6. The summed E-state index contributed by atoms with van der Waals surface area (Å²) in [6.45, 7) is 2.80. The van der Waals surface area contributed by atoms with Gasteiger partial charge < -0.3 is 14.4 Å². The molecule has 0 saturated carbocycles. The molecule has 0 aliphatic carbocycles. The molecule has 1 heterocycles. The van der Waals surface area contributed by atoms with Crippen molar-refractivity contribution in [1.29, 1.82) is 0 Å². The van der Waals surface area contributed by atoms with Crippen LogP contribution in [0.2, 0.25) is 10.0 Å². The first-order valence-electron chi connectivity index (χ1n) is 11.2. The largest absolute Gasteiger partial charge is 0.490 e. The molecule has 9 heteroatoms. The van der Waals surface area contributed by atoms with E-state index < -0.39 is 5.92 Å². The van der Waals surface area contributed by atoms with E-state index in [0.29, 0.717) is 45.9 Å². The van der Waals surface area contributed by atoms with Crippen LogP contribution in [0.25, 0.3) is 0 Å². The predicted octanol–water partition coefficient (Wildman–Crippen LogP) is 5.47. The summed E-state index contributed by atoms with van der Waals surface area (Å²) in [7, 11) is 0. The van der Waals surface area contributed by atoms with Gasteiger partial charge in [0.1, 0.15) is 6.61 Å². The molecule has 2 amide bonds. The van der Waals surface area contributed by atoms with Crippen LogP contribution in [-0.4, -0.2) is 25.0 Å². The molecule has 1 aliphatic rings. The zero-order chi connectivity index (χ0) is 24.8. The van der Waals surface area contributed by atoms with Crippen LogP contribution in [0, 0.1) is 5.92 Å². The molecule has 0 spiro atoms. The van der Waals surface area contributed by atoms with Crippen molar-refractivity contribution in [3.8, 4) is 11.5 Å². The molecule has 1 aliphatic heterocycles.